The summed E-state index contributed by atoms with van der Waals surface area (Å²) in [5.74, 6) is 1.64. The van der Waals surface area contributed by atoms with Gasteiger partial charge in [-0.3, -0.25) is 9.69 Å². The zero-order valence-electron chi connectivity index (χ0n) is 19.7. The summed E-state index contributed by atoms with van der Waals surface area (Å²) < 4.78 is 5.53. The summed E-state index contributed by atoms with van der Waals surface area (Å²) in [5.41, 5.74) is 2.50. The molecular weight excluding hydrogens is 428 g/mol. The molecule has 4 heterocycles. The second-order valence-corrected chi connectivity index (χ2v) is 9.03. The molecule has 1 unspecified atom stereocenters. The van der Waals surface area contributed by atoms with Crippen LogP contribution in [0.2, 0.25) is 0 Å². The van der Waals surface area contributed by atoms with Gasteiger partial charge in [-0.25, -0.2) is 15.0 Å². The maximum absolute atomic E-state index is 13.3. The van der Waals surface area contributed by atoms with E-state index in [1.807, 2.05) is 49.6 Å². The summed E-state index contributed by atoms with van der Waals surface area (Å²) in [7, 11) is 0. The van der Waals surface area contributed by atoms with Gasteiger partial charge in [0.05, 0.1) is 24.8 Å². The molecule has 1 atom stereocenters. The number of aromatic nitrogens is 3. The molecule has 8 nitrogen and oxygen atoms in total. The van der Waals surface area contributed by atoms with E-state index in [9.17, 15) is 4.79 Å². The molecule has 0 bridgehead atoms. The van der Waals surface area contributed by atoms with E-state index in [1.165, 1.54) is 19.3 Å². The van der Waals surface area contributed by atoms with Crippen LogP contribution in [-0.4, -0.2) is 71.7 Å². The van der Waals surface area contributed by atoms with Gasteiger partial charge in [0, 0.05) is 61.6 Å². The Bertz CT molecular complexity index is 1120. The lowest BCUT2D eigenvalue weighted by Crippen LogP contribution is -2.44. The molecule has 5 rings (SSSR count). The van der Waals surface area contributed by atoms with Crippen molar-refractivity contribution >= 4 is 22.6 Å². The molecule has 34 heavy (non-hydrogen) atoms. The third-order valence-corrected chi connectivity index (χ3v) is 6.77. The van der Waals surface area contributed by atoms with Gasteiger partial charge in [0.1, 0.15) is 11.6 Å². The van der Waals surface area contributed by atoms with Crippen molar-refractivity contribution < 1.29 is 9.53 Å². The molecule has 1 N–H and O–H groups in total. The van der Waals surface area contributed by atoms with E-state index >= 15 is 0 Å². The molecule has 0 spiro atoms. The molecule has 2 aliphatic rings. The van der Waals surface area contributed by atoms with Crippen LogP contribution in [0.1, 0.15) is 47.1 Å². The number of aryl methyl sites for hydroxylation is 1. The highest BCUT2D eigenvalue weighted by Gasteiger charge is 2.24. The molecule has 1 aromatic carbocycles. The summed E-state index contributed by atoms with van der Waals surface area (Å²) in [6.45, 7) is 7.44. The van der Waals surface area contributed by atoms with Gasteiger partial charge in [-0.2, -0.15) is 0 Å². The molecule has 1 amide bonds. The van der Waals surface area contributed by atoms with Crippen LogP contribution in [0.15, 0.2) is 42.7 Å². The highest BCUT2D eigenvalue weighted by molar-refractivity contribution is 6.06. The maximum atomic E-state index is 13.3. The predicted molar refractivity (Wildman–Crippen MR) is 132 cm³/mol. The van der Waals surface area contributed by atoms with Gasteiger partial charge in [0.2, 0.25) is 0 Å². The van der Waals surface area contributed by atoms with Crippen LogP contribution in [-0.2, 0) is 4.74 Å². The number of carbonyl (C=O) groups excluding carboxylic acids is 1. The van der Waals surface area contributed by atoms with E-state index < -0.39 is 0 Å². The summed E-state index contributed by atoms with van der Waals surface area (Å²) >= 11 is 0. The molecule has 2 aliphatic heterocycles. The van der Waals surface area contributed by atoms with Crippen LogP contribution in [0.25, 0.3) is 10.9 Å². The summed E-state index contributed by atoms with van der Waals surface area (Å²) in [6, 6.07) is 9.85. The number of hydrogen-bond acceptors (Lipinski definition) is 7. The van der Waals surface area contributed by atoms with Crippen molar-refractivity contribution in [3.05, 3.63) is 59.7 Å². The molecule has 8 heteroatoms. The van der Waals surface area contributed by atoms with Crippen LogP contribution >= 0.6 is 0 Å². The average Bonchev–Trinajstić information content (AvgIpc) is 2.90. The largest absolute Gasteiger partial charge is 0.379 e. The van der Waals surface area contributed by atoms with Gasteiger partial charge in [0.15, 0.2) is 0 Å². The Hall–Kier alpha value is -3.10. The first-order valence-corrected chi connectivity index (χ1v) is 12.2. The number of nitrogens with one attached hydrogen (secondary N) is 1. The van der Waals surface area contributed by atoms with Crippen molar-refractivity contribution in [3.63, 3.8) is 0 Å². The standard InChI is InChI=1S/C26H32N6O2/c1-19-27-16-20(17-28-19)24(31-12-14-34-15-13-31)18-29-26(33)22-6-5-7-23-21(22)8-9-25(30-23)32-10-3-2-4-11-32/h5-9,16-17,24H,2-4,10-15,18H2,1H3,(H,29,33). The Balaban J connectivity index is 1.34. The molecule has 2 aromatic heterocycles. The highest BCUT2D eigenvalue weighted by Crippen LogP contribution is 2.25. The SMILES string of the molecule is Cc1ncc(C(CNC(=O)c2cccc3nc(N4CCCCC4)ccc23)N2CCOCC2)cn1. The number of pyridine rings is 1. The molecule has 2 saturated heterocycles. The summed E-state index contributed by atoms with van der Waals surface area (Å²) in [5, 5.41) is 4.04. The number of piperidine rings is 1. The minimum atomic E-state index is -0.0931. The normalized spacial score (nSPS) is 18.1. The fourth-order valence-corrected chi connectivity index (χ4v) is 4.85. The van der Waals surface area contributed by atoms with Crippen LogP contribution in [0.3, 0.4) is 0 Å². The molecule has 0 aliphatic carbocycles. The van der Waals surface area contributed by atoms with Crippen LogP contribution in [0.5, 0.6) is 0 Å². The van der Waals surface area contributed by atoms with Crippen LogP contribution in [0, 0.1) is 6.92 Å². The number of anilines is 1. The number of benzene rings is 1. The van der Waals surface area contributed by atoms with Crippen molar-refractivity contribution in [2.24, 2.45) is 0 Å². The Morgan fingerprint density at radius 3 is 2.56 bits per heavy atom. The highest BCUT2D eigenvalue weighted by atomic mass is 16.5. The second-order valence-electron chi connectivity index (χ2n) is 9.03. The van der Waals surface area contributed by atoms with Crippen LogP contribution < -0.4 is 10.2 Å². The van der Waals surface area contributed by atoms with Gasteiger partial charge in [-0.05, 0) is 50.5 Å². The Kier molecular flexibility index (Phi) is 6.97. The zero-order valence-corrected chi connectivity index (χ0v) is 19.7. The average molecular weight is 461 g/mol. The molecule has 3 aromatic rings. The van der Waals surface area contributed by atoms with E-state index in [-0.39, 0.29) is 11.9 Å². The van der Waals surface area contributed by atoms with Crippen molar-refractivity contribution in [2.75, 3.05) is 50.8 Å². The Morgan fingerprint density at radius 1 is 1.03 bits per heavy atom. The van der Waals surface area contributed by atoms with Crippen molar-refractivity contribution in [1.82, 2.24) is 25.2 Å². The number of fused-ring (bicyclic) bond motifs is 1. The Labute approximate surface area is 200 Å². The number of hydrogen-bond donors (Lipinski definition) is 1. The maximum Gasteiger partial charge on any atom is 0.252 e. The second kappa shape index (κ2) is 10.4. The number of morpholine rings is 1. The quantitative estimate of drug-likeness (QED) is 0.605. The number of rotatable bonds is 6. The zero-order chi connectivity index (χ0) is 23.3. The van der Waals surface area contributed by atoms with E-state index in [1.54, 1.807) is 0 Å². The van der Waals surface area contributed by atoms with E-state index in [0.29, 0.717) is 25.3 Å². The minimum absolute atomic E-state index is 0.00717. The first-order chi connectivity index (χ1) is 16.7. The van der Waals surface area contributed by atoms with E-state index in [0.717, 1.165) is 54.3 Å². The minimum Gasteiger partial charge on any atom is -0.379 e. The summed E-state index contributed by atoms with van der Waals surface area (Å²) in [6.07, 6.45) is 7.42. The third kappa shape index (κ3) is 5.03. The number of carbonyl (C=O) groups is 1. The van der Waals surface area contributed by atoms with Crippen molar-refractivity contribution in [1.29, 1.82) is 0 Å². The molecule has 2 fully saturated rings. The summed E-state index contributed by atoms with van der Waals surface area (Å²) in [4.78, 5) is 31.6. The molecule has 0 radical (unpaired) electrons. The first-order valence-electron chi connectivity index (χ1n) is 12.2. The fourth-order valence-electron chi connectivity index (χ4n) is 4.85. The third-order valence-electron chi connectivity index (χ3n) is 6.77. The van der Waals surface area contributed by atoms with Gasteiger partial charge in [-0.15, -0.1) is 0 Å². The smallest absolute Gasteiger partial charge is 0.252 e. The number of nitrogens with zero attached hydrogens (tertiary/aromatic N) is 5. The molecule has 0 saturated carbocycles. The molecular formula is C26H32N6O2. The Morgan fingerprint density at radius 2 is 1.79 bits per heavy atom. The monoisotopic (exact) mass is 460 g/mol. The predicted octanol–water partition coefficient (Wildman–Crippen LogP) is 3.13. The van der Waals surface area contributed by atoms with Crippen LogP contribution in [0.4, 0.5) is 5.82 Å². The number of ether oxygens (including phenoxy) is 1. The van der Waals surface area contributed by atoms with Gasteiger partial charge < -0.3 is 15.0 Å². The fraction of sp³-hybridized carbons (Fsp3) is 0.462. The van der Waals surface area contributed by atoms with E-state index in [4.69, 9.17) is 9.72 Å². The van der Waals surface area contributed by atoms with Crippen molar-refractivity contribution in [3.8, 4) is 0 Å². The van der Waals surface area contributed by atoms with Gasteiger partial charge in [-0.1, -0.05) is 6.07 Å². The van der Waals surface area contributed by atoms with Gasteiger partial charge >= 0.3 is 0 Å². The van der Waals surface area contributed by atoms with Gasteiger partial charge in [0.25, 0.3) is 5.91 Å². The first kappa shape index (κ1) is 22.7. The van der Waals surface area contributed by atoms with Crippen molar-refractivity contribution in [2.45, 2.75) is 32.2 Å². The molecule has 178 valence electrons. The lowest BCUT2D eigenvalue weighted by Gasteiger charge is -2.34. The lowest BCUT2D eigenvalue weighted by molar-refractivity contribution is 0.0161. The number of amides is 1. The lowest BCUT2D eigenvalue weighted by atomic mass is 10.1. The van der Waals surface area contributed by atoms with E-state index in [2.05, 4.69) is 25.1 Å². The topological polar surface area (TPSA) is 83.5 Å².